The number of methoxy groups -OCH3 is 1. The van der Waals surface area contributed by atoms with Crippen molar-refractivity contribution >= 4 is 12.4 Å². The first kappa shape index (κ1) is 12.2. The predicted octanol–water partition coefficient (Wildman–Crippen LogP) is 1.77. The maximum Gasteiger partial charge on any atom is 0.118 e. The highest BCUT2D eigenvalue weighted by atomic mass is 35.5. The summed E-state index contributed by atoms with van der Waals surface area (Å²) in [6.45, 7) is 0.570. The van der Waals surface area contributed by atoms with Crippen LogP contribution in [0.2, 0.25) is 0 Å². The van der Waals surface area contributed by atoms with E-state index in [1.165, 1.54) is 0 Å². The van der Waals surface area contributed by atoms with Gasteiger partial charge in [0.05, 0.1) is 13.7 Å². The number of benzene rings is 1. The summed E-state index contributed by atoms with van der Waals surface area (Å²) in [4.78, 5) is 5.00. The van der Waals surface area contributed by atoms with Gasteiger partial charge in [-0.3, -0.25) is 4.84 Å². The van der Waals surface area contributed by atoms with Crippen molar-refractivity contribution in [3.63, 3.8) is 0 Å². The summed E-state index contributed by atoms with van der Waals surface area (Å²) < 4.78 is 5.02. The molecule has 0 aliphatic carbocycles. The highest BCUT2D eigenvalue weighted by molar-refractivity contribution is 5.85. The van der Waals surface area contributed by atoms with Crippen LogP contribution in [0.1, 0.15) is 5.56 Å². The lowest BCUT2D eigenvalue weighted by Crippen LogP contribution is -2.06. The predicted molar refractivity (Wildman–Crippen MR) is 54.1 cm³/mol. The summed E-state index contributed by atoms with van der Waals surface area (Å²) in [7, 11) is 3.39. The summed E-state index contributed by atoms with van der Waals surface area (Å²) in [5.74, 6) is 0.864. The summed E-state index contributed by atoms with van der Waals surface area (Å²) in [5, 5.41) is 0. The van der Waals surface area contributed by atoms with Crippen molar-refractivity contribution < 1.29 is 9.57 Å². The van der Waals surface area contributed by atoms with E-state index < -0.39 is 0 Å². The van der Waals surface area contributed by atoms with Gasteiger partial charge in [0, 0.05) is 7.05 Å². The molecule has 1 aromatic carbocycles. The van der Waals surface area contributed by atoms with Crippen molar-refractivity contribution in [3.05, 3.63) is 29.8 Å². The minimum absolute atomic E-state index is 0. The van der Waals surface area contributed by atoms with E-state index in [4.69, 9.17) is 9.57 Å². The summed E-state index contributed by atoms with van der Waals surface area (Å²) in [6.07, 6.45) is 0. The summed E-state index contributed by atoms with van der Waals surface area (Å²) in [6, 6.07) is 7.76. The van der Waals surface area contributed by atoms with E-state index in [9.17, 15) is 0 Å². The van der Waals surface area contributed by atoms with E-state index in [0.29, 0.717) is 6.61 Å². The van der Waals surface area contributed by atoms with Crippen molar-refractivity contribution in [3.8, 4) is 5.75 Å². The molecular formula is C9H14ClNO2. The molecule has 13 heavy (non-hydrogen) atoms. The third-order valence-electron chi connectivity index (χ3n) is 1.54. The molecule has 0 atom stereocenters. The van der Waals surface area contributed by atoms with Crippen molar-refractivity contribution in [2.24, 2.45) is 0 Å². The fourth-order valence-corrected chi connectivity index (χ4v) is 0.877. The van der Waals surface area contributed by atoms with Crippen molar-refractivity contribution in [2.45, 2.75) is 6.61 Å². The molecule has 3 nitrogen and oxygen atoms in total. The molecule has 0 saturated heterocycles. The highest BCUT2D eigenvalue weighted by Gasteiger charge is 1.92. The third kappa shape index (κ3) is 4.12. The van der Waals surface area contributed by atoms with Gasteiger partial charge in [-0.15, -0.1) is 12.4 Å². The van der Waals surface area contributed by atoms with Gasteiger partial charge in [0.2, 0.25) is 0 Å². The van der Waals surface area contributed by atoms with Gasteiger partial charge in [0.25, 0.3) is 0 Å². The first-order chi connectivity index (χ1) is 5.86. The molecule has 4 heteroatoms. The van der Waals surface area contributed by atoms with E-state index >= 15 is 0 Å². The van der Waals surface area contributed by atoms with Crippen LogP contribution in [0.5, 0.6) is 5.75 Å². The molecule has 74 valence electrons. The smallest absolute Gasteiger partial charge is 0.118 e. The Morgan fingerprint density at radius 3 is 2.31 bits per heavy atom. The third-order valence-corrected chi connectivity index (χ3v) is 1.54. The molecule has 0 aliphatic heterocycles. The highest BCUT2D eigenvalue weighted by Crippen LogP contribution is 2.11. The van der Waals surface area contributed by atoms with Crippen LogP contribution in [0.3, 0.4) is 0 Å². The number of hydroxylamine groups is 1. The second-order valence-electron chi connectivity index (χ2n) is 2.34. The second kappa shape index (κ2) is 6.71. The van der Waals surface area contributed by atoms with E-state index in [0.717, 1.165) is 11.3 Å². The van der Waals surface area contributed by atoms with Gasteiger partial charge in [-0.2, -0.15) is 0 Å². The van der Waals surface area contributed by atoms with Crippen LogP contribution in [-0.2, 0) is 11.4 Å². The van der Waals surface area contributed by atoms with E-state index in [1.54, 1.807) is 14.2 Å². The van der Waals surface area contributed by atoms with Crippen LogP contribution in [0.25, 0.3) is 0 Å². The molecule has 1 N–H and O–H groups in total. The molecule has 0 aromatic heterocycles. The lowest BCUT2D eigenvalue weighted by atomic mass is 10.2. The molecule has 1 aromatic rings. The Kier molecular flexibility index (Phi) is 6.32. The Morgan fingerprint density at radius 1 is 1.23 bits per heavy atom. The molecule has 0 unspecified atom stereocenters. The minimum Gasteiger partial charge on any atom is -0.497 e. The summed E-state index contributed by atoms with van der Waals surface area (Å²) in [5.41, 5.74) is 3.73. The quantitative estimate of drug-likeness (QED) is 0.757. The Hall–Kier alpha value is -0.770. The number of nitrogens with one attached hydrogen (secondary N) is 1. The SMILES string of the molecule is CNOCc1ccc(OC)cc1.Cl. The van der Waals surface area contributed by atoms with Crippen LogP contribution < -0.4 is 10.2 Å². The molecule has 0 spiro atoms. The minimum atomic E-state index is 0. The Morgan fingerprint density at radius 2 is 1.85 bits per heavy atom. The van der Waals surface area contributed by atoms with Crippen molar-refractivity contribution in [2.75, 3.05) is 14.2 Å². The van der Waals surface area contributed by atoms with Crippen LogP contribution in [0.15, 0.2) is 24.3 Å². The number of rotatable bonds is 4. The molecule has 0 aliphatic rings. The van der Waals surface area contributed by atoms with Gasteiger partial charge in [-0.25, -0.2) is 5.48 Å². The van der Waals surface area contributed by atoms with Gasteiger partial charge in [0.1, 0.15) is 5.75 Å². The summed E-state index contributed by atoms with van der Waals surface area (Å²) >= 11 is 0. The monoisotopic (exact) mass is 203 g/mol. The maximum absolute atomic E-state index is 5.02. The molecule has 0 fully saturated rings. The van der Waals surface area contributed by atoms with Crippen molar-refractivity contribution in [1.82, 2.24) is 5.48 Å². The fraction of sp³-hybridized carbons (Fsp3) is 0.333. The Balaban J connectivity index is 0.00000144. The van der Waals surface area contributed by atoms with Gasteiger partial charge in [0.15, 0.2) is 0 Å². The Bertz CT molecular complexity index is 226. The van der Waals surface area contributed by atoms with Gasteiger partial charge in [-0.05, 0) is 17.7 Å². The standard InChI is InChI=1S/C9H13NO2.ClH/c1-10-12-7-8-3-5-9(11-2)6-4-8;/h3-6,10H,7H2,1-2H3;1H. The zero-order valence-corrected chi connectivity index (χ0v) is 8.56. The maximum atomic E-state index is 5.02. The van der Waals surface area contributed by atoms with Crippen LogP contribution in [0.4, 0.5) is 0 Å². The molecule has 0 saturated carbocycles. The molecule has 0 amide bonds. The molecule has 0 heterocycles. The zero-order chi connectivity index (χ0) is 8.81. The average Bonchev–Trinajstić information content (AvgIpc) is 2.15. The van der Waals surface area contributed by atoms with Crippen LogP contribution in [0, 0.1) is 0 Å². The van der Waals surface area contributed by atoms with Crippen molar-refractivity contribution in [1.29, 1.82) is 0 Å². The van der Waals surface area contributed by atoms with E-state index in [2.05, 4.69) is 5.48 Å². The molecular weight excluding hydrogens is 190 g/mol. The van der Waals surface area contributed by atoms with Crippen LogP contribution >= 0.6 is 12.4 Å². The first-order valence-electron chi connectivity index (χ1n) is 3.78. The largest absolute Gasteiger partial charge is 0.497 e. The first-order valence-corrected chi connectivity index (χ1v) is 3.78. The molecule has 1 rings (SSSR count). The average molecular weight is 204 g/mol. The molecule has 0 radical (unpaired) electrons. The number of ether oxygens (including phenoxy) is 1. The van der Waals surface area contributed by atoms with Gasteiger partial charge >= 0.3 is 0 Å². The van der Waals surface area contributed by atoms with E-state index in [-0.39, 0.29) is 12.4 Å². The number of hydrogen-bond acceptors (Lipinski definition) is 3. The van der Waals surface area contributed by atoms with E-state index in [1.807, 2.05) is 24.3 Å². The lowest BCUT2D eigenvalue weighted by Gasteiger charge is -2.02. The normalized spacial score (nSPS) is 9.08. The lowest BCUT2D eigenvalue weighted by molar-refractivity contribution is 0.0444. The van der Waals surface area contributed by atoms with Gasteiger partial charge < -0.3 is 4.74 Å². The second-order valence-corrected chi connectivity index (χ2v) is 2.34. The zero-order valence-electron chi connectivity index (χ0n) is 7.74. The van der Waals surface area contributed by atoms with Gasteiger partial charge in [-0.1, -0.05) is 12.1 Å². The number of halogens is 1. The fourth-order valence-electron chi connectivity index (χ4n) is 0.877. The Labute approximate surface area is 84.4 Å². The number of hydrogen-bond donors (Lipinski definition) is 1. The van der Waals surface area contributed by atoms with Crippen LogP contribution in [-0.4, -0.2) is 14.2 Å². The topological polar surface area (TPSA) is 30.5 Å². The molecule has 0 bridgehead atoms.